The zero-order chi connectivity index (χ0) is 7.40. The summed E-state index contributed by atoms with van der Waals surface area (Å²) in [5.74, 6) is 0. The van der Waals surface area contributed by atoms with Crippen LogP contribution in [-0.2, 0) is 6.54 Å². The van der Waals surface area contributed by atoms with Crippen LogP contribution in [-0.4, -0.2) is 0 Å². The summed E-state index contributed by atoms with van der Waals surface area (Å²) in [4.78, 5) is 3.73. The van der Waals surface area contributed by atoms with Crippen LogP contribution in [0.3, 0.4) is 0 Å². The van der Waals surface area contributed by atoms with Crippen molar-refractivity contribution < 1.29 is 0 Å². The van der Waals surface area contributed by atoms with Crippen molar-refractivity contribution in [2.75, 3.05) is 0 Å². The summed E-state index contributed by atoms with van der Waals surface area (Å²) in [7, 11) is 0. The molecule has 0 fully saturated rings. The van der Waals surface area contributed by atoms with Gasteiger partial charge in [-0.1, -0.05) is 5.11 Å². The molecule has 0 aromatic carbocycles. The molecule has 0 atom stereocenters. The molecule has 0 amide bonds. The first-order valence-corrected chi connectivity index (χ1v) is 4.19. The first kappa shape index (κ1) is 7.60. The van der Waals surface area contributed by atoms with Gasteiger partial charge in [0.25, 0.3) is 0 Å². The Morgan fingerprint density at radius 2 is 2.50 bits per heavy atom. The molecule has 1 aromatic heterocycles. The van der Waals surface area contributed by atoms with Crippen molar-refractivity contribution in [3.8, 4) is 0 Å². The van der Waals surface area contributed by atoms with Crippen molar-refractivity contribution in [3.63, 3.8) is 0 Å². The Hall–Kier alpha value is -0.510. The molecule has 0 saturated carbocycles. The molecule has 1 rings (SSSR count). The zero-order valence-corrected chi connectivity index (χ0v) is 7.39. The molecule has 1 aromatic rings. The van der Waals surface area contributed by atoms with Gasteiger partial charge in [0.1, 0.15) is 0 Å². The Morgan fingerprint density at radius 1 is 1.70 bits per heavy atom. The largest absolute Gasteiger partial charge is 0.133 e. The van der Waals surface area contributed by atoms with Gasteiger partial charge in [0, 0.05) is 9.79 Å². The molecule has 10 heavy (non-hydrogen) atoms. The summed E-state index contributed by atoms with van der Waals surface area (Å²) in [6.07, 6.45) is 0. The fraction of sp³-hybridized carbons (Fsp3) is 0.200. The van der Waals surface area contributed by atoms with E-state index in [0.717, 1.165) is 8.66 Å². The summed E-state index contributed by atoms with van der Waals surface area (Å²) < 4.78 is 1.07. The molecule has 0 aliphatic carbocycles. The molecule has 3 nitrogen and oxygen atoms in total. The quantitative estimate of drug-likeness (QED) is 0.415. The van der Waals surface area contributed by atoms with Gasteiger partial charge < -0.3 is 0 Å². The molecule has 0 radical (unpaired) electrons. The van der Waals surface area contributed by atoms with Gasteiger partial charge in [0.2, 0.25) is 0 Å². The van der Waals surface area contributed by atoms with E-state index in [0.29, 0.717) is 6.54 Å². The van der Waals surface area contributed by atoms with Crippen molar-refractivity contribution in [3.05, 3.63) is 31.2 Å². The van der Waals surface area contributed by atoms with E-state index < -0.39 is 0 Å². The van der Waals surface area contributed by atoms with E-state index in [2.05, 4.69) is 26.0 Å². The first-order valence-electron chi connectivity index (χ1n) is 2.58. The maximum Gasteiger partial charge on any atom is 0.0701 e. The van der Waals surface area contributed by atoms with Gasteiger partial charge in [-0.3, -0.25) is 0 Å². The molecule has 0 aliphatic heterocycles. The number of thiophene rings is 1. The zero-order valence-electron chi connectivity index (χ0n) is 4.99. The molecule has 1 heterocycles. The predicted octanol–water partition coefficient (Wildman–Crippen LogP) is 3.32. The number of rotatable bonds is 2. The molecule has 5 heteroatoms. The van der Waals surface area contributed by atoms with Gasteiger partial charge in [0.05, 0.1) is 10.3 Å². The second-order valence-electron chi connectivity index (χ2n) is 1.59. The van der Waals surface area contributed by atoms with Gasteiger partial charge in [0.15, 0.2) is 0 Å². The minimum Gasteiger partial charge on any atom is -0.133 e. The van der Waals surface area contributed by atoms with E-state index in [1.54, 1.807) is 11.3 Å². The lowest BCUT2D eigenvalue weighted by molar-refractivity contribution is 1.08. The lowest BCUT2D eigenvalue weighted by Gasteiger charge is -1.81. The summed E-state index contributed by atoms with van der Waals surface area (Å²) in [6, 6.07) is 3.87. The van der Waals surface area contributed by atoms with Crippen LogP contribution in [0.2, 0.25) is 0 Å². The van der Waals surface area contributed by atoms with Crippen LogP contribution in [0.4, 0.5) is 0 Å². The fourth-order valence-electron chi connectivity index (χ4n) is 0.538. The molecule has 0 N–H and O–H groups in total. The predicted molar refractivity (Wildman–Crippen MR) is 44.9 cm³/mol. The molecule has 0 aliphatic rings. The van der Waals surface area contributed by atoms with Crippen LogP contribution in [0.15, 0.2) is 21.0 Å². The highest BCUT2D eigenvalue weighted by Crippen LogP contribution is 2.22. The Kier molecular flexibility index (Phi) is 2.74. The van der Waals surface area contributed by atoms with Gasteiger partial charge in [-0.25, -0.2) is 0 Å². The maximum atomic E-state index is 7.99. The highest BCUT2D eigenvalue weighted by Gasteiger charge is 1.93. The van der Waals surface area contributed by atoms with Crippen LogP contribution >= 0.6 is 27.3 Å². The van der Waals surface area contributed by atoms with Crippen molar-refractivity contribution in [1.29, 1.82) is 0 Å². The van der Waals surface area contributed by atoms with E-state index in [-0.39, 0.29) is 0 Å². The highest BCUT2D eigenvalue weighted by molar-refractivity contribution is 9.11. The molecule has 0 saturated heterocycles. The Morgan fingerprint density at radius 3 is 3.00 bits per heavy atom. The number of hydrogen-bond acceptors (Lipinski definition) is 2. The molecule has 0 bridgehead atoms. The van der Waals surface area contributed by atoms with Crippen molar-refractivity contribution in [2.45, 2.75) is 6.54 Å². The van der Waals surface area contributed by atoms with E-state index >= 15 is 0 Å². The molecule has 0 unspecified atom stereocenters. The molecular weight excluding hydrogens is 214 g/mol. The number of hydrogen-bond donors (Lipinski definition) is 0. The second-order valence-corrected chi connectivity index (χ2v) is 4.14. The number of azide groups is 1. The van der Waals surface area contributed by atoms with Gasteiger partial charge >= 0.3 is 0 Å². The number of halogens is 1. The minimum absolute atomic E-state index is 0.451. The third-order valence-electron chi connectivity index (χ3n) is 0.919. The second kappa shape index (κ2) is 3.61. The van der Waals surface area contributed by atoms with Crippen molar-refractivity contribution >= 4 is 27.3 Å². The molecule has 0 spiro atoms. The Labute approximate surface area is 70.4 Å². The molecular formula is C5H4BrN3S. The third-order valence-corrected chi connectivity index (χ3v) is 2.53. The van der Waals surface area contributed by atoms with E-state index in [4.69, 9.17) is 5.53 Å². The van der Waals surface area contributed by atoms with Crippen LogP contribution in [0, 0.1) is 0 Å². The van der Waals surface area contributed by atoms with Gasteiger partial charge in [-0.15, -0.1) is 11.3 Å². The highest BCUT2D eigenvalue weighted by atomic mass is 79.9. The van der Waals surface area contributed by atoms with Crippen molar-refractivity contribution in [1.82, 2.24) is 0 Å². The van der Waals surface area contributed by atoms with E-state index in [1.807, 2.05) is 12.1 Å². The van der Waals surface area contributed by atoms with Crippen molar-refractivity contribution in [2.24, 2.45) is 5.11 Å². The summed E-state index contributed by atoms with van der Waals surface area (Å²) in [5.41, 5.74) is 7.99. The average molecular weight is 218 g/mol. The standard InChI is InChI=1S/C5H4BrN3S/c6-5-2-1-4(10-5)3-8-9-7/h1-2H,3H2. The summed E-state index contributed by atoms with van der Waals surface area (Å²) in [6.45, 7) is 0.451. The fourth-order valence-corrected chi connectivity index (χ4v) is 1.94. The van der Waals surface area contributed by atoms with Gasteiger partial charge in [-0.05, 0) is 33.6 Å². The lowest BCUT2D eigenvalue weighted by Crippen LogP contribution is -1.66. The first-order chi connectivity index (χ1) is 4.83. The van der Waals surface area contributed by atoms with Crippen LogP contribution in [0.5, 0.6) is 0 Å². The summed E-state index contributed by atoms with van der Waals surface area (Å²) >= 11 is 4.89. The monoisotopic (exact) mass is 217 g/mol. The normalized spacial score (nSPS) is 8.90. The average Bonchev–Trinajstić information content (AvgIpc) is 2.31. The number of nitrogens with zero attached hydrogens (tertiary/aromatic N) is 3. The maximum absolute atomic E-state index is 7.99. The van der Waals surface area contributed by atoms with Gasteiger partial charge in [-0.2, -0.15) is 0 Å². The summed E-state index contributed by atoms with van der Waals surface area (Å²) in [5, 5.41) is 3.43. The smallest absolute Gasteiger partial charge is 0.0701 e. The molecule has 52 valence electrons. The Bertz CT molecular complexity index is 264. The topological polar surface area (TPSA) is 48.8 Å². The SMILES string of the molecule is [N-]=[N+]=NCc1ccc(Br)s1. The lowest BCUT2D eigenvalue weighted by atomic mass is 10.5. The van der Waals surface area contributed by atoms with E-state index in [9.17, 15) is 0 Å². The van der Waals surface area contributed by atoms with Crippen LogP contribution in [0.1, 0.15) is 4.88 Å². The van der Waals surface area contributed by atoms with Crippen LogP contribution in [0.25, 0.3) is 10.4 Å². The minimum atomic E-state index is 0.451. The Balaban J connectivity index is 2.66. The third kappa shape index (κ3) is 2.02. The van der Waals surface area contributed by atoms with Crippen LogP contribution < -0.4 is 0 Å². The van der Waals surface area contributed by atoms with E-state index in [1.165, 1.54) is 0 Å².